The van der Waals surface area contributed by atoms with Crippen LogP contribution >= 0.6 is 11.6 Å². The van der Waals surface area contributed by atoms with Crippen molar-refractivity contribution in [3.63, 3.8) is 0 Å². The van der Waals surface area contributed by atoms with Crippen molar-refractivity contribution in [1.29, 1.82) is 0 Å². The van der Waals surface area contributed by atoms with Gasteiger partial charge in [-0.15, -0.1) is 0 Å². The van der Waals surface area contributed by atoms with Crippen LogP contribution in [0, 0.1) is 10.1 Å². The predicted octanol–water partition coefficient (Wildman–Crippen LogP) is 2.74. The SMILES string of the molecule is CC(NCc1c(Cl)cccc1[N+](=O)[O-])(C(=O)O)C(F)(F)F. The van der Waals surface area contributed by atoms with Gasteiger partial charge < -0.3 is 5.11 Å². The number of rotatable bonds is 5. The van der Waals surface area contributed by atoms with Gasteiger partial charge in [0, 0.05) is 12.6 Å². The van der Waals surface area contributed by atoms with Crippen LogP contribution in [0.15, 0.2) is 18.2 Å². The van der Waals surface area contributed by atoms with Crippen molar-refractivity contribution in [2.45, 2.75) is 25.2 Å². The number of nitro groups is 1. The Morgan fingerprint density at radius 3 is 2.48 bits per heavy atom. The van der Waals surface area contributed by atoms with Crippen molar-refractivity contribution in [3.8, 4) is 0 Å². The van der Waals surface area contributed by atoms with E-state index in [1.807, 2.05) is 0 Å². The second-order valence-corrected chi connectivity index (χ2v) is 4.68. The van der Waals surface area contributed by atoms with Crippen molar-refractivity contribution in [2.24, 2.45) is 0 Å². The number of hydrogen-bond donors (Lipinski definition) is 2. The van der Waals surface area contributed by atoms with Gasteiger partial charge in [-0.3, -0.25) is 15.4 Å². The lowest BCUT2D eigenvalue weighted by Gasteiger charge is -2.28. The van der Waals surface area contributed by atoms with Gasteiger partial charge >= 0.3 is 12.1 Å². The van der Waals surface area contributed by atoms with E-state index in [9.17, 15) is 28.1 Å². The fourth-order valence-electron chi connectivity index (χ4n) is 1.46. The highest BCUT2D eigenvalue weighted by Crippen LogP contribution is 2.32. The largest absolute Gasteiger partial charge is 0.480 e. The first-order chi connectivity index (χ1) is 9.50. The van der Waals surface area contributed by atoms with Gasteiger partial charge in [-0.25, -0.2) is 4.79 Å². The third kappa shape index (κ3) is 3.42. The highest BCUT2D eigenvalue weighted by molar-refractivity contribution is 6.31. The van der Waals surface area contributed by atoms with Gasteiger partial charge in [0.15, 0.2) is 0 Å². The summed E-state index contributed by atoms with van der Waals surface area (Å²) < 4.78 is 38.4. The number of carboxylic acids is 1. The molecule has 21 heavy (non-hydrogen) atoms. The number of hydrogen-bond acceptors (Lipinski definition) is 4. The van der Waals surface area contributed by atoms with E-state index in [4.69, 9.17) is 16.7 Å². The zero-order chi connectivity index (χ0) is 16.4. The molecular weight excluding hydrogens is 317 g/mol. The molecule has 0 aromatic heterocycles. The van der Waals surface area contributed by atoms with Crippen LogP contribution in [0.25, 0.3) is 0 Å². The molecule has 1 aromatic rings. The van der Waals surface area contributed by atoms with Crippen LogP contribution in [0.1, 0.15) is 12.5 Å². The zero-order valence-electron chi connectivity index (χ0n) is 10.6. The van der Waals surface area contributed by atoms with E-state index in [0.717, 1.165) is 6.07 Å². The number of carboxylic acid groups (broad SMARTS) is 1. The van der Waals surface area contributed by atoms with Crippen molar-refractivity contribution in [3.05, 3.63) is 38.9 Å². The highest BCUT2D eigenvalue weighted by Gasteiger charge is 2.57. The van der Waals surface area contributed by atoms with E-state index < -0.39 is 34.8 Å². The number of carbonyl (C=O) groups is 1. The Kier molecular flexibility index (Phi) is 4.79. The van der Waals surface area contributed by atoms with E-state index in [2.05, 4.69) is 0 Å². The van der Waals surface area contributed by atoms with Crippen LogP contribution in [0.4, 0.5) is 18.9 Å². The number of halogens is 4. The van der Waals surface area contributed by atoms with E-state index in [1.165, 1.54) is 12.1 Å². The summed E-state index contributed by atoms with van der Waals surface area (Å²) in [5, 5.41) is 21.2. The quantitative estimate of drug-likeness (QED) is 0.641. The monoisotopic (exact) mass is 326 g/mol. The fourth-order valence-corrected chi connectivity index (χ4v) is 1.69. The van der Waals surface area contributed by atoms with E-state index in [1.54, 1.807) is 5.32 Å². The van der Waals surface area contributed by atoms with Crippen molar-refractivity contribution >= 4 is 23.3 Å². The molecule has 1 aromatic carbocycles. The van der Waals surface area contributed by atoms with Crippen molar-refractivity contribution in [1.82, 2.24) is 5.32 Å². The maximum Gasteiger partial charge on any atom is 0.417 e. The van der Waals surface area contributed by atoms with Gasteiger partial charge in [0.05, 0.1) is 15.5 Å². The van der Waals surface area contributed by atoms with Gasteiger partial charge in [0.25, 0.3) is 5.69 Å². The average Bonchev–Trinajstić information content (AvgIpc) is 2.34. The molecule has 1 atom stereocenters. The topological polar surface area (TPSA) is 92.5 Å². The molecular formula is C11H10ClF3N2O4. The molecule has 6 nitrogen and oxygen atoms in total. The molecule has 0 saturated heterocycles. The standard InChI is InChI=1S/C11H10ClF3N2O4/c1-10(9(18)19,11(13,14)15)16-5-6-7(12)3-2-4-8(6)17(20)21/h2-4,16H,5H2,1H3,(H,18,19). The molecule has 0 aliphatic rings. The average molecular weight is 327 g/mol. The molecule has 0 heterocycles. The lowest BCUT2D eigenvalue weighted by Crippen LogP contribution is -2.59. The van der Waals surface area contributed by atoms with Crippen LogP contribution in [0.2, 0.25) is 5.02 Å². The minimum atomic E-state index is -5.09. The van der Waals surface area contributed by atoms with Gasteiger partial charge in [0.2, 0.25) is 5.54 Å². The minimum absolute atomic E-state index is 0.133. The van der Waals surface area contributed by atoms with E-state index in [0.29, 0.717) is 6.92 Å². The normalized spacial score (nSPS) is 14.5. The molecule has 0 fully saturated rings. The van der Waals surface area contributed by atoms with E-state index in [-0.39, 0.29) is 10.6 Å². The number of nitro benzene ring substituents is 1. The number of alkyl halides is 3. The van der Waals surface area contributed by atoms with Crippen molar-refractivity contribution in [2.75, 3.05) is 0 Å². The van der Waals surface area contributed by atoms with Gasteiger partial charge in [-0.1, -0.05) is 17.7 Å². The first kappa shape index (κ1) is 17.2. The lowest BCUT2D eigenvalue weighted by molar-refractivity contribution is -0.385. The minimum Gasteiger partial charge on any atom is -0.480 e. The summed E-state index contributed by atoms with van der Waals surface area (Å²) in [5.41, 5.74) is -3.97. The summed E-state index contributed by atoms with van der Waals surface area (Å²) in [6.45, 7) is -0.295. The zero-order valence-corrected chi connectivity index (χ0v) is 11.3. The molecule has 0 aliphatic carbocycles. The molecule has 0 bridgehead atoms. The van der Waals surface area contributed by atoms with Gasteiger partial charge in [-0.2, -0.15) is 13.2 Å². The molecule has 10 heteroatoms. The number of nitrogens with zero attached hydrogens (tertiary/aromatic N) is 1. The van der Waals surface area contributed by atoms with Crippen LogP contribution in [0.3, 0.4) is 0 Å². The molecule has 1 unspecified atom stereocenters. The predicted molar refractivity (Wildman–Crippen MR) is 67.0 cm³/mol. The first-order valence-corrected chi connectivity index (χ1v) is 5.85. The molecule has 0 amide bonds. The van der Waals surface area contributed by atoms with Gasteiger partial charge in [-0.05, 0) is 13.0 Å². The smallest absolute Gasteiger partial charge is 0.417 e. The van der Waals surface area contributed by atoms with Crippen molar-refractivity contribution < 1.29 is 28.0 Å². The van der Waals surface area contributed by atoms with Crippen LogP contribution in [-0.4, -0.2) is 27.7 Å². The third-order valence-electron chi connectivity index (χ3n) is 2.90. The molecule has 2 N–H and O–H groups in total. The third-order valence-corrected chi connectivity index (χ3v) is 3.26. The molecule has 116 valence electrons. The Morgan fingerprint density at radius 2 is 2.05 bits per heavy atom. The Bertz CT molecular complexity index is 579. The summed E-state index contributed by atoms with van der Waals surface area (Å²) in [5.74, 6) is -2.15. The summed E-state index contributed by atoms with van der Waals surface area (Å²) in [6.07, 6.45) is -5.09. The molecule has 0 aliphatic heterocycles. The number of benzene rings is 1. The molecule has 0 radical (unpaired) electrons. The van der Waals surface area contributed by atoms with Gasteiger partial charge in [0.1, 0.15) is 0 Å². The highest BCUT2D eigenvalue weighted by atomic mass is 35.5. The second-order valence-electron chi connectivity index (χ2n) is 4.28. The van der Waals surface area contributed by atoms with Crippen LogP contribution < -0.4 is 5.32 Å². The summed E-state index contributed by atoms with van der Waals surface area (Å²) >= 11 is 5.72. The second kappa shape index (κ2) is 5.86. The maximum absolute atomic E-state index is 12.8. The lowest BCUT2D eigenvalue weighted by atomic mass is 10.0. The van der Waals surface area contributed by atoms with Crippen LogP contribution in [-0.2, 0) is 11.3 Å². The maximum atomic E-state index is 12.8. The van der Waals surface area contributed by atoms with Crippen LogP contribution in [0.5, 0.6) is 0 Å². The summed E-state index contributed by atoms with van der Waals surface area (Å²) in [7, 11) is 0. The molecule has 0 spiro atoms. The Hall–Kier alpha value is -1.87. The summed E-state index contributed by atoms with van der Waals surface area (Å²) in [4.78, 5) is 20.8. The van der Waals surface area contributed by atoms with E-state index >= 15 is 0 Å². The molecule has 1 rings (SSSR count). The number of aliphatic carboxylic acids is 1. The summed E-state index contributed by atoms with van der Waals surface area (Å²) in [6, 6.07) is 3.59. The Morgan fingerprint density at radius 1 is 1.48 bits per heavy atom. The first-order valence-electron chi connectivity index (χ1n) is 5.47. The Labute approximate surface area is 121 Å². The fraction of sp³-hybridized carbons (Fsp3) is 0.364. The Balaban J connectivity index is 3.13. The number of nitrogens with one attached hydrogen (secondary N) is 1. The molecule has 0 saturated carbocycles.